The molecule has 0 aromatic heterocycles. The molecule has 76 valence electrons. The zero-order valence-electron chi connectivity index (χ0n) is 8.92. The number of hydrogen-bond donors (Lipinski definition) is 1. The summed E-state index contributed by atoms with van der Waals surface area (Å²) in [4.78, 5) is 2.60. The van der Waals surface area contributed by atoms with Crippen LogP contribution in [0.15, 0.2) is 0 Å². The molecular formula is C11H22N2. The van der Waals surface area contributed by atoms with Gasteiger partial charge in [-0.2, -0.15) is 0 Å². The lowest BCUT2D eigenvalue weighted by Gasteiger charge is -2.30. The molecule has 2 fully saturated rings. The van der Waals surface area contributed by atoms with Gasteiger partial charge in [0.25, 0.3) is 0 Å². The molecular weight excluding hydrogens is 160 g/mol. The zero-order valence-corrected chi connectivity index (χ0v) is 8.92. The van der Waals surface area contributed by atoms with Crippen LogP contribution in [-0.2, 0) is 0 Å². The third kappa shape index (κ3) is 2.23. The van der Waals surface area contributed by atoms with Gasteiger partial charge < -0.3 is 10.6 Å². The Hall–Kier alpha value is -0.0800. The summed E-state index contributed by atoms with van der Waals surface area (Å²) in [6, 6.07) is 0.475. The first-order chi connectivity index (χ1) is 6.08. The Morgan fingerprint density at radius 2 is 1.85 bits per heavy atom. The van der Waals surface area contributed by atoms with Gasteiger partial charge in [-0.15, -0.1) is 0 Å². The predicted molar refractivity (Wildman–Crippen MR) is 55.5 cm³/mol. The van der Waals surface area contributed by atoms with E-state index in [0.29, 0.717) is 11.5 Å². The van der Waals surface area contributed by atoms with Crippen LogP contribution in [0.1, 0.15) is 33.1 Å². The molecule has 2 aliphatic rings. The van der Waals surface area contributed by atoms with Crippen LogP contribution in [0.25, 0.3) is 0 Å². The lowest BCUT2D eigenvalue weighted by Crippen LogP contribution is -2.40. The van der Waals surface area contributed by atoms with E-state index in [1.165, 1.54) is 38.9 Å². The van der Waals surface area contributed by atoms with Gasteiger partial charge in [0.1, 0.15) is 0 Å². The maximum Gasteiger partial charge on any atom is 0.00631 e. The van der Waals surface area contributed by atoms with Gasteiger partial charge in [-0.05, 0) is 43.7 Å². The fraction of sp³-hybridized carbons (Fsp3) is 1.00. The van der Waals surface area contributed by atoms with Crippen molar-refractivity contribution in [2.45, 2.75) is 39.2 Å². The molecule has 1 aliphatic carbocycles. The van der Waals surface area contributed by atoms with Crippen molar-refractivity contribution in [2.75, 3.05) is 19.6 Å². The summed E-state index contributed by atoms with van der Waals surface area (Å²) < 4.78 is 0. The molecule has 1 saturated heterocycles. The molecule has 2 rings (SSSR count). The molecule has 2 heteroatoms. The quantitative estimate of drug-likeness (QED) is 0.700. The normalized spacial score (nSPS) is 34.8. The average molecular weight is 182 g/mol. The second-order valence-electron chi connectivity index (χ2n) is 5.53. The van der Waals surface area contributed by atoms with Crippen molar-refractivity contribution < 1.29 is 0 Å². The first kappa shape index (κ1) is 9.47. The number of nitrogens with zero attached hydrogens (tertiary/aromatic N) is 1. The standard InChI is InChI=1S/C11H22N2/c1-11(2)7-9(11)8-13-5-3-10(12)4-6-13/h9-10H,3-8,12H2,1-2H3. The molecule has 1 atom stereocenters. The summed E-state index contributed by atoms with van der Waals surface area (Å²) in [5.41, 5.74) is 6.51. The van der Waals surface area contributed by atoms with E-state index in [9.17, 15) is 0 Å². The van der Waals surface area contributed by atoms with Crippen LogP contribution in [0.5, 0.6) is 0 Å². The van der Waals surface area contributed by atoms with Crippen molar-refractivity contribution in [3.8, 4) is 0 Å². The molecule has 1 heterocycles. The third-order valence-corrected chi connectivity index (χ3v) is 3.83. The van der Waals surface area contributed by atoms with E-state index in [1.54, 1.807) is 0 Å². The van der Waals surface area contributed by atoms with Gasteiger partial charge in [0.2, 0.25) is 0 Å². The van der Waals surface area contributed by atoms with E-state index < -0.39 is 0 Å². The number of piperidine rings is 1. The Morgan fingerprint density at radius 3 is 2.31 bits per heavy atom. The number of rotatable bonds is 2. The van der Waals surface area contributed by atoms with Crippen molar-refractivity contribution in [1.29, 1.82) is 0 Å². The lowest BCUT2D eigenvalue weighted by molar-refractivity contribution is 0.198. The Kier molecular flexibility index (Phi) is 2.37. The van der Waals surface area contributed by atoms with Gasteiger partial charge in [-0.1, -0.05) is 13.8 Å². The second-order valence-corrected chi connectivity index (χ2v) is 5.53. The number of likely N-dealkylation sites (tertiary alicyclic amines) is 1. The van der Waals surface area contributed by atoms with E-state index in [4.69, 9.17) is 5.73 Å². The van der Waals surface area contributed by atoms with Gasteiger partial charge in [-0.3, -0.25) is 0 Å². The predicted octanol–water partition coefficient (Wildman–Crippen LogP) is 1.46. The van der Waals surface area contributed by atoms with Crippen molar-refractivity contribution >= 4 is 0 Å². The minimum Gasteiger partial charge on any atom is -0.328 e. The van der Waals surface area contributed by atoms with Gasteiger partial charge >= 0.3 is 0 Å². The Labute approximate surface area is 81.5 Å². The minimum atomic E-state index is 0.475. The van der Waals surface area contributed by atoms with Crippen LogP contribution in [0.3, 0.4) is 0 Å². The minimum absolute atomic E-state index is 0.475. The van der Waals surface area contributed by atoms with E-state index in [2.05, 4.69) is 18.7 Å². The topological polar surface area (TPSA) is 29.3 Å². The molecule has 2 nitrogen and oxygen atoms in total. The van der Waals surface area contributed by atoms with E-state index >= 15 is 0 Å². The fourth-order valence-corrected chi connectivity index (χ4v) is 2.33. The van der Waals surface area contributed by atoms with Crippen LogP contribution in [0.4, 0.5) is 0 Å². The molecule has 0 amide bonds. The van der Waals surface area contributed by atoms with Gasteiger partial charge in [0, 0.05) is 12.6 Å². The maximum absolute atomic E-state index is 5.87. The largest absolute Gasteiger partial charge is 0.328 e. The highest BCUT2D eigenvalue weighted by atomic mass is 15.1. The van der Waals surface area contributed by atoms with E-state index in [0.717, 1.165) is 5.92 Å². The first-order valence-electron chi connectivity index (χ1n) is 5.56. The van der Waals surface area contributed by atoms with Gasteiger partial charge in [-0.25, -0.2) is 0 Å². The monoisotopic (exact) mass is 182 g/mol. The molecule has 0 aromatic rings. The van der Waals surface area contributed by atoms with Crippen LogP contribution in [-0.4, -0.2) is 30.6 Å². The summed E-state index contributed by atoms with van der Waals surface area (Å²) >= 11 is 0. The highest BCUT2D eigenvalue weighted by Crippen LogP contribution is 2.51. The summed E-state index contributed by atoms with van der Waals surface area (Å²) in [6.45, 7) is 8.54. The first-order valence-corrected chi connectivity index (χ1v) is 5.56. The molecule has 0 radical (unpaired) electrons. The number of nitrogens with two attached hydrogens (primary N) is 1. The van der Waals surface area contributed by atoms with E-state index in [-0.39, 0.29) is 0 Å². The molecule has 1 unspecified atom stereocenters. The molecule has 1 saturated carbocycles. The number of hydrogen-bond acceptors (Lipinski definition) is 2. The van der Waals surface area contributed by atoms with Gasteiger partial charge in [0.05, 0.1) is 0 Å². The van der Waals surface area contributed by atoms with Crippen LogP contribution >= 0.6 is 0 Å². The highest BCUT2D eigenvalue weighted by molar-refractivity contribution is 4.97. The summed E-state index contributed by atoms with van der Waals surface area (Å²) in [5, 5.41) is 0. The highest BCUT2D eigenvalue weighted by Gasteiger charge is 2.46. The zero-order chi connectivity index (χ0) is 9.47. The third-order valence-electron chi connectivity index (χ3n) is 3.83. The van der Waals surface area contributed by atoms with Crippen LogP contribution in [0.2, 0.25) is 0 Å². The maximum atomic E-state index is 5.87. The molecule has 0 spiro atoms. The SMILES string of the molecule is CC1(C)CC1CN1CCC(N)CC1. The summed E-state index contributed by atoms with van der Waals surface area (Å²) in [7, 11) is 0. The lowest BCUT2D eigenvalue weighted by atomic mass is 10.0. The summed E-state index contributed by atoms with van der Waals surface area (Å²) in [6.07, 6.45) is 3.83. The molecule has 13 heavy (non-hydrogen) atoms. The second kappa shape index (κ2) is 3.25. The molecule has 0 aromatic carbocycles. The Balaban J connectivity index is 1.72. The van der Waals surface area contributed by atoms with Crippen molar-refractivity contribution in [2.24, 2.45) is 17.1 Å². The Bertz CT molecular complexity index is 181. The van der Waals surface area contributed by atoms with Crippen molar-refractivity contribution in [3.05, 3.63) is 0 Å². The van der Waals surface area contributed by atoms with Crippen molar-refractivity contribution in [3.63, 3.8) is 0 Å². The van der Waals surface area contributed by atoms with Crippen molar-refractivity contribution in [1.82, 2.24) is 4.90 Å². The van der Waals surface area contributed by atoms with Crippen LogP contribution < -0.4 is 5.73 Å². The molecule has 0 bridgehead atoms. The van der Waals surface area contributed by atoms with Gasteiger partial charge in [0.15, 0.2) is 0 Å². The smallest absolute Gasteiger partial charge is 0.00631 e. The fourth-order valence-electron chi connectivity index (χ4n) is 2.33. The Morgan fingerprint density at radius 1 is 1.31 bits per heavy atom. The average Bonchev–Trinajstić information content (AvgIpc) is 2.64. The molecule has 1 aliphatic heterocycles. The van der Waals surface area contributed by atoms with E-state index in [1.807, 2.05) is 0 Å². The summed E-state index contributed by atoms with van der Waals surface area (Å²) in [5.74, 6) is 0.960. The molecule has 2 N–H and O–H groups in total. The van der Waals surface area contributed by atoms with Crippen LogP contribution in [0, 0.1) is 11.3 Å².